The monoisotopic (exact) mass is 684 g/mol. The fourth-order valence-corrected chi connectivity index (χ4v) is 6.66. The highest BCUT2D eigenvalue weighted by atomic mass is 35.5. The van der Waals surface area contributed by atoms with Crippen molar-refractivity contribution in [1.29, 1.82) is 5.26 Å². The van der Waals surface area contributed by atoms with Crippen molar-refractivity contribution in [3.8, 4) is 17.2 Å². The van der Waals surface area contributed by atoms with E-state index in [4.69, 9.17) is 16.1 Å². The molecule has 0 radical (unpaired) electrons. The number of carbonyl (C=O) groups is 3. The zero-order chi connectivity index (χ0) is 35.0. The lowest BCUT2D eigenvalue weighted by Crippen LogP contribution is -2.55. The quantitative estimate of drug-likeness (QED) is 0.132. The molecule has 3 amide bonds. The average Bonchev–Trinajstić information content (AvgIpc) is 3.52. The van der Waals surface area contributed by atoms with E-state index in [0.717, 1.165) is 44.7 Å². The fourth-order valence-electron chi connectivity index (χ4n) is 6.44. The standard InChI is InChI=1S/C36H34ClFN6O5/c1-19-6-7-22(33-20(2)42-49-21(33)3)14-31(19)43(24-9-8-23(18-39)27(37)15-24)13-5-4-12-40-29-17-26-25(16-28(29)38)35(47)44(36(26)48)30-10-11-32(45)41-34(30)46/h6-9,14-17,30,32,40,45H,4-5,10-13H2,1-3H3,(H,41,46). The van der Waals surface area contributed by atoms with Gasteiger partial charge in [-0.2, -0.15) is 5.26 Å². The molecule has 3 heterocycles. The Hall–Kier alpha value is -5.25. The van der Waals surface area contributed by atoms with Crippen LogP contribution in [-0.4, -0.2) is 58.2 Å². The van der Waals surface area contributed by atoms with Crippen LogP contribution in [0.25, 0.3) is 11.1 Å². The van der Waals surface area contributed by atoms with Gasteiger partial charge in [0.15, 0.2) is 0 Å². The van der Waals surface area contributed by atoms with Crippen LogP contribution in [0.15, 0.2) is 53.1 Å². The number of fused-ring (bicyclic) bond motifs is 1. The predicted octanol–water partition coefficient (Wildman–Crippen LogP) is 6.15. The van der Waals surface area contributed by atoms with Crippen molar-refractivity contribution < 1.29 is 28.4 Å². The SMILES string of the molecule is Cc1ccc(-c2c(C)noc2C)cc1N(CCCCNc1cc2c(cc1F)C(=O)N(C1CCC(O)NC1=O)C2=O)c1ccc(C#N)c(Cl)c1. The van der Waals surface area contributed by atoms with E-state index in [1.807, 2.05) is 39.0 Å². The highest BCUT2D eigenvalue weighted by Crippen LogP contribution is 2.37. The number of rotatable bonds is 10. The molecule has 1 aromatic heterocycles. The van der Waals surface area contributed by atoms with Gasteiger partial charge in [-0.25, -0.2) is 4.39 Å². The summed E-state index contributed by atoms with van der Waals surface area (Å²) in [7, 11) is 0. The van der Waals surface area contributed by atoms with Crippen LogP contribution in [0.2, 0.25) is 5.02 Å². The largest absolute Gasteiger partial charge is 0.383 e. The van der Waals surface area contributed by atoms with E-state index in [1.165, 1.54) is 6.07 Å². The lowest BCUT2D eigenvalue weighted by Gasteiger charge is -2.31. The van der Waals surface area contributed by atoms with Crippen molar-refractivity contribution in [3.05, 3.63) is 93.1 Å². The Labute approximate surface area is 287 Å². The molecular weight excluding hydrogens is 651 g/mol. The van der Waals surface area contributed by atoms with Gasteiger partial charge in [0.2, 0.25) is 5.91 Å². The van der Waals surface area contributed by atoms with Gasteiger partial charge in [0, 0.05) is 30.0 Å². The van der Waals surface area contributed by atoms with Crippen molar-refractivity contribution in [2.45, 2.75) is 58.7 Å². The number of benzene rings is 3. The maximum atomic E-state index is 15.2. The first kappa shape index (κ1) is 33.6. The van der Waals surface area contributed by atoms with Crippen molar-refractivity contribution in [1.82, 2.24) is 15.4 Å². The van der Waals surface area contributed by atoms with Crippen LogP contribution in [0.4, 0.5) is 21.5 Å². The number of nitrogens with one attached hydrogen (secondary N) is 2. The van der Waals surface area contributed by atoms with Crippen LogP contribution < -0.4 is 15.5 Å². The number of hydrogen-bond donors (Lipinski definition) is 3. The zero-order valence-electron chi connectivity index (χ0n) is 27.1. The molecule has 2 aliphatic heterocycles. The van der Waals surface area contributed by atoms with Crippen molar-refractivity contribution in [2.75, 3.05) is 23.3 Å². The highest BCUT2D eigenvalue weighted by molar-refractivity contribution is 6.32. The second-order valence-corrected chi connectivity index (χ2v) is 12.6. The minimum absolute atomic E-state index is 0.0188. The van der Waals surface area contributed by atoms with Crippen LogP contribution in [0.5, 0.6) is 0 Å². The molecule has 49 heavy (non-hydrogen) atoms. The number of amides is 3. The molecule has 0 spiro atoms. The first-order valence-electron chi connectivity index (χ1n) is 15.9. The lowest BCUT2D eigenvalue weighted by molar-refractivity contribution is -0.131. The van der Waals surface area contributed by atoms with E-state index in [1.54, 1.807) is 12.1 Å². The van der Waals surface area contributed by atoms with Gasteiger partial charge in [-0.05, 0) is 94.0 Å². The number of halogens is 2. The number of piperidine rings is 1. The number of unbranched alkanes of at least 4 members (excludes halogenated alkanes) is 1. The Balaban J connectivity index is 1.17. The van der Waals surface area contributed by atoms with E-state index in [0.29, 0.717) is 42.3 Å². The van der Waals surface area contributed by atoms with Gasteiger partial charge in [0.25, 0.3) is 11.8 Å². The maximum absolute atomic E-state index is 15.2. The number of aliphatic hydroxyl groups excluding tert-OH is 1. The summed E-state index contributed by atoms with van der Waals surface area (Å²) < 4.78 is 20.6. The van der Waals surface area contributed by atoms with Gasteiger partial charge in [0.1, 0.15) is 29.9 Å². The Morgan fingerprint density at radius 1 is 1.08 bits per heavy atom. The summed E-state index contributed by atoms with van der Waals surface area (Å²) in [6, 6.07) is 14.8. The Kier molecular flexibility index (Phi) is 9.41. The molecule has 2 unspecified atom stereocenters. The van der Waals surface area contributed by atoms with Gasteiger partial charge < -0.3 is 25.2 Å². The summed E-state index contributed by atoms with van der Waals surface area (Å²) >= 11 is 6.45. The minimum Gasteiger partial charge on any atom is -0.383 e. The van der Waals surface area contributed by atoms with Crippen LogP contribution >= 0.6 is 11.6 Å². The van der Waals surface area contributed by atoms with E-state index >= 15 is 4.39 Å². The maximum Gasteiger partial charge on any atom is 0.262 e. The number of aryl methyl sites for hydroxylation is 3. The van der Waals surface area contributed by atoms with Gasteiger partial charge >= 0.3 is 0 Å². The zero-order valence-corrected chi connectivity index (χ0v) is 27.9. The number of hydrogen-bond acceptors (Lipinski definition) is 9. The summed E-state index contributed by atoms with van der Waals surface area (Å²) in [6.07, 6.45) is 0.542. The number of nitriles is 1. The molecular formula is C36H34ClFN6O5. The van der Waals surface area contributed by atoms with Crippen molar-refractivity contribution in [2.24, 2.45) is 0 Å². The summed E-state index contributed by atoms with van der Waals surface area (Å²) in [5.74, 6) is -2.02. The first-order chi connectivity index (χ1) is 23.5. The molecule has 1 saturated heterocycles. The Morgan fingerprint density at radius 3 is 2.51 bits per heavy atom. The van der Waals surface area contributed by atoms with E-state index < -0.39 is 35.8 Å². The van der Waals surface area contributed by atoms with Gasteiger partial charge in [-0.1, -0.05) is 28.9 Å². The lowest BCUT2D eigenvalue weighted by atomic mass is 10.0. The predicted molar refractivity (Wildman–Crippen MR) is 181 cm³/mol. The molecule has 4 aromatic rings. The number of nitrogens with zero attached hydrogens (tertiary/aromatic N) is 4. The van der Waals surface area contributed by atoms with Gasteiger partial charge in [-0.3, -0.25) is 19.3 Å². The molecule has 1 fully saturated rings. The van der Waals surface area contributed by atoms with Crippen molar-refractivity contribution in [3.63, 3.8) is 0 Å². The molecule has 2 atom stereocenters. The Bertz CT molecular complexity index is 2000. The Morgan fingerprint density at radius 2 is 1.84 bits per heavy atom. The topological polar surface area (TPSA) is 152 Å². The molecule has 252 valence electrons. The molecule has 0 bridgehead atoms. The second-order valence-electron chi connectivity index (χ2n) is 12.2. The molecule has 3 N–H and O–H groups in total. The van der Waals surface area contributed by atoms with Crippen LogP contribution in [0, 0.1) is 37.9 Å². The third-order valence-electron chi connectivity index (χ3n) is 8.97. The van der Waals surface area contributed by atoms with Crippen LogP contribution in [0.3, 0.4) is 0 Å². The van der Waals surface area contributed by atoms with Crippen molar-refractivity contribution >= 4 is 46.4 Å². The second kappa shape index (κ2) is 13.7. The molecule has 6 rings (SSSR count). The number of aromatic nitrogens is 1. The third-order valence-corrected chi connectivity index (χ3v) is 9.29. The molecule has 13 heteroatoms. The molecule has 3 aromatic carbocycles. The number of anilines is 3. The summed E-state index contributed by atoms with van der Waals surface area (Å²) in [6.45, 7) is 6.70. The average molecular weight is 685 g/mol. The first-order valence-corrected chi connectivity index (χ1v) is 16.3. The van der Waals surface area contributed by atoms with E-state index in [9.17, 15) is 24.8 Å². The summed E-state index contributed by atoms with van der Waals surface area (Å²) in [5, 5.41) is 29.0. The van der Waals surface area contributed by atoms with E-state index in [2.05, 4.69) is 32.8 Å². The smallest absolute Gasteiger partial charge is 0.262 e. The third kappa shape index (κ3) is 6.47. The number of aliphatic hydroxyl groups is 1. The number of imide groups is 1. The molecule has 0 aliphatic carbocycles. The molecule has 2 aliphatic rings. The summed E-state index contributed by atoms with van der Waals surface area (Å²) in [4.78, 5) is 41.7. The summed E-state index contributed by atoms with van der Waals surface area (Å²) in [5.41, 5.74) is 5.77. The van der Waals surface area contributed by atoms with Gasteiger partial charge in [0.05, 0.1) is 33.1 Å². The molecule has 0 saturated carbocycles. The highest BCUT2D eigenvalue weighted by Gasteiger charge is 2.45. The van der Waals surface area contributed by atoms with E-state index in [-0.39, 0.29) is 29.7 Å². The van der Waals surface area contributed by atoms with Crippen LogP contribution in [-0.2, 0) is 4.79 Å². The minimum atomic E-state index is -1.07. The number of carbonyl (C=O) groups excluding carboxylic acids is 3. The van der Waals surface area contributed by atoms with Crippen LogP contribution in [0.1, 0.15) is 69.0 Å². The van der Waals surface area contributed by atoms with Gasteiger partial charge in [-0.15, -0.1) is 0 Å². The normalized spacial score (nSPS) is 17.2. The molecule has 11 nitrogen and oxygen atoms in total. The fraction of sp³-hybridized carbons (Fsp3) is 0.306.